The van der Waals surface area contributed by atoms with E-state index in [1.807, 2.05) is 20.2 Å². The van der Waals surface area contributed by atoms with Crippen molar-refractivity contribution in [2.45, 2.75) is 56.2 Å². The van der Waals surface area contributed by atoms with Crippen LogP contribution in [0, 0.1) is 11.8 Å². The summed E-state index contributed by atoms with van der Waals surface area (Å²) in [4.78, 5) is 12.1. The number of halogens is 1. The van der Waals surface area contributed by atoms with Gasteiger partial charge >= 0.3 is 5.69 Å². The number of benzene rings is 1. The van der Waals surface area contributed by atoms with Crippen molar-refractivity contribution in [1.82, 2.24) is 14.5 Å². The molecule has 0 amide bonds. The maximum Gasteiger partial charge on any atom is 0.328 e. The van der Waals surface area contributed by atoms with Crippen LogP contribution in [0.1, 0.15) is 44.1 Å². The highest BCUT2D eigenvalue weighted by molar-refractivity contribution is 5.85. The van der Waals surface area contributed by atoms with Crippen LogP contribution in [0.4, 0.5) is 0 Å². The van der Waals surface area contributed by atoms with E-state index < -0.39 is 5.60 Å². The van der Waals surface area contributed by atoms with Gasteiger partial charge in [-0.2, -0.15) is 0 Å². The van der Waals surface area contributed by atoms with Gasteiger partial charge in [0.15, 0.2) is 0 Å². The van der Waals surface area contributed by atoms with Crippen molar-refractivity contribution in [2.75, 3.05) is 0 Å². The van der Waals surface area contributed by atoms with Crippen LogP contribution in [0.25, 0.3) is 11.0 Å². The molecule has 4 aliphatic rings. The molecular formula is C20H28ClN3O2. The van der Waals surface area contributed by atoms with Gasteiger partial charge < -0.3 is 10.4 Å². The van der Waals surface area contributed by atoms with Crippen LogP contribution in [-0.2, 0) is 20.6 Å². The minimum atomic E-state index is -0.426. The van der Waals surface area contributed by atoms with E-state index in [1.54, 1.807) is 9.13 Å². The fourth-order valence-corrected chi connectivity index (χ4v) is 6.37. The molecule has 142 valence electrons. The molecule has 0 aliphatic heterocycles. The fourth-order valence-electron chi connectivity index (χ4n) is 6.37. The Balaban J connectivity index is 0.00000168. The van der Waals surface area contributed by atoms with Gasteiger partial charge in [-0.15, -0.1) is 12.4 Å². The normalized spacial score (nSPS) is 35.0. The second-order valence-corrected chi connectivity index (χ2v) is 9.04. The van der Waals surface area contributed by atoms with E-state index in [0.717, 1.165) is 36.8 Å². The average Bonchev–Trinajstić information content (AvgIpc) is 2.75. The summed E-state index contributed by atoms with van der Waals surface area (Å²) in [5.74, 6) is 1.38. The Kier molecular flexibility index (Phi) is 4.07. The molecule has 1 aromatic heterocycles. The van der Waals surface area contributed by atoms with Gasteiger partial charge in [-0.1, -0.05) is 6.07 Å². The fraction of sp³-hybridized carbons (Fsp3) is 0.650. The van der Waals surface area contributed by atoms with Gasteiger partial charge in [0.1, 0.15) is 0 Å². The zero-order valence-corrected chi connectivity index (χ0v) is 16.3. The molecule has 4 saturated carbocycles. The monoisotopic (exact) mass is 377 g/mol. The molecule has 2 aromatic rings. The van der Waals surface area contributed by atoms with Crippen LogP contribution >= 0.6 is 12.4 Å². The third kappa shape index (κ3) is 2.63. The van der Waals surface area contributed by atoms with Gasteiger partial charge in [0.25, 0.3) is 0 Å². The second kappa shape index (κ2) is 5.85. The summed E-state index contributed by atoms with van der Waals surface area (Å²) >= 11 is 0. The molecule has 6 heteroatoms. The van der Waals surface area contributed by atoms with Crippen LogP contribution in [0.2, 0.25) is 0 Å². The summed E-state index contributed by atoms with van der Waals surface area (Å²) in [5.41, 5.74) is 2.86. The van der Waals surface area contributed by atoms with E-state index in [-0.39, 0.29) is 23.6 Å². The lowest BCUT2D eigenvalue weighted by Gasteiger charge is -2.60. The van der Waals surface area contributed by atoms with Crippen molar-refractivity contribution < 1.29 is 5.11 Å². The lowest BCUT2D eigenvalue weighted by molar-refractivity contribution is -0.142. The van der Waals surface area contributed by atoms with Gasteiger partial charge in [0.2, 0.25) is 0 Å². The lowest BCUT2D eigenvalue weighted by atomic mass is 9.51. The topological polar surface area (TPSA) is 59.2 Å². The predicted molar refractivity (Wildman–Crippen MR) is 105 cm³/mol. The zero-order valence-electron chi connectivity index (χ0n) is 15.5. The minimum Gasteiger partial charge on any atom is -0.390 e. The largest absolute Gasteiger partial charge is 0.390 e. The summed E-state index contributed by atoms with van der Waals surface area (Å²) < 4.78 is 3.41. The molecular weight excluding hydrogens is 350 g/mol. The summed E-state index contributed by atoms with van der Waals surface area (Å²) in [7, 11) is 3.65. The van der Waals surface area contributed by atoms with Crippen molar-refractivity contribution in [3.8, 4) is 0 Å². The van der Waals surface area contributed by atoms with Gasteiger partial charge in [-0.05, 0) is 68.1 Å². The van der Waals surface area contributed by atoms with E-state index in [2.05, 4.69) is 17.4 Å². The van der Waals surface area contributed by atoms with Crippen molar-refractivity contribution in [1.29, 1.82) is 0 Å². The minimum absolute atomic E-state index is 0. The lowest BCUT2D eigenvalue weighted by Crippen LogP contribution is -2.64. The Bertz CT molecular complexity index is 902. The number of imidazole rings is 1. The smallest absolute Gasteiger partial charge is 0.328 e. The first-order valence-electron chi connectivity index (χ1n) is 9.48. The second-order valence-electron chi connectivity index (χ2n) is 9.04. The van der Waals surface area contributed by atoms with Crippen LogP contribution in [0.5, 0.6) is 0 Å². The molecule has 2 N–H and O–H groups in total. The summed E-state index contributed by atoms with van der Waals surface area (Å²) in [5, 5.41) is 14.7. The number of aliphatic hydroxyl groups is 1. The van der Waals surface area contributed by atoms with Crippen LogP contribution in [0.3, 0.4) is 0 Å². The number of aryl methyl sites for hydroxylation is 2. The quantitative estimate of drug-likeness (QED) is 0.863. The highest BCUT2D eigenvalue weighted by Gasteiger charge is 2.56. The summed E-state index contributed by atoms with van der Waals surface area (Å²) in [6.45, 7) is 0.800. The zero-order chi connectivity index (χ0) is 17.4. The van der Waals surface area contributed by atoms with Crippen LogP contribution in [0.15, 0.2) is 23.0 Å². The molecule has 5 nitrogen and oxygen atoms in total. The summed E-state index contributed by atoms with van der Waals surface area (Å²) in [6.07, 6.45) is 6.63. The van der Waals surface area contributed by atoms with E-state index in [9.17, 15) is 9.90 Å². The summed E-state index contributed by atoms with van der Waals surface area (Å²) in [6, 6.07) is 6.28. The van der Waals surface area contributed by atoms with Gasteiger partial charge in [-0.25, -0.2) is 4.79 Å². The van der Waals surface area contributed by atoms with E-state index in [1.165, 1.54) is 24.8 Å². The predicted octanol–water partition coefficient (Wildman–Crippen LogP) is 2.47. The standard InChI is InChI=1S/C20H27N3O2.ClH/c1-22-16-4-3-13(6-17(16)23(2)18(22)24)11-21-19-7-14-5-15(8-19)10-20(25,9-14)12-19;/h3-4,6,14-15,21,25H,5,7-12H2,1-2H3;1H. The number of aromatic nitrogens is 2. The first-order valence-corrected chi connectivity index (χ1v) is 9.48. The molecule has 4 fully saturated rings. The van der Waals surface area contributed by atoms with Gasteiger partial charge in [0, 0.05) is 26.2 Å². The number of hydrogen-bond acceptors (Lipinski definition) is 3. The van der Waals surface area contributed by atoms with Crippen LogP contribution in [-0.4, -0.2) is 25.4 Å². The Labute approximate surface area is 159 Å². The molecule has 6 rings (SSSR count). The maximum atomic E-state index is 12.1. The highest BCUT2D eigenvalue weighted by atomic mass is 35.5. The maximum absolute atomic E-state index is 12.1. The molecule has 2 atom stereocenters. The Morgan fingerprint density at radius 1 is 1.12 bits per heavy atom. The number of nitrogens with zero attached hydrogens (tertiary/aromatic N) is 2. The van der Waals surface area contributed by atoms with Crippen molar-refractivity contribution >= 4 is 23.4 Å². The molecule has 26 heavy (non-hydrogen) atoms. The Morgan fingerprint density at radius 2 is 1.77 bits per heavy atom. The number of rotatable bonds is 3. The van der Waals surface area contributed by atoms with E-state index in [0.29, 0.717) is 11.8 Å². The highest BCUT2D eigenvalue weighted by Crippen LogP contribution is 2.57. The number of hydrogen-bond donors (Lipinski definition) is 2. The Morgan fingerprint density at radius 3 is 2.42 bits per heavy atom. The Hall–Kier alpha value is -1.30. The van der Waals surface area contributed by atoms with Crippen molar-refractivity contribution in [2.24, 2.45) is 25.9 Å². The molecule has 0 saturated heterocycles. The molecule has 0 spiro atoms. The molecule has 4 bridgehead atoms. The third-order valence-electron chi connectivity index (χ3n) is 7.03. The molecule has 4 aliphatic carbocycles. The third-order valence-corrected chi connectivity index (χ3v) is 7.03. The first-order chi connectivity index (χ1) is 11.9. The molecule has 1 aromatic carbocycles. The van der Waals surface area contributed by atoms with Gasteiger partial charge in [0.05, 0.1) is 16.6 Å². The van der Waals surface area contributed by atoms with Gasteiger partial charge in [-0.3, -0.25) is 9.13 Å². The van der Waals surface area contributed by atoms with Crippen molar-refractivity contribution in [3.05, 3.63) is 34.2 Å². The first kappa shape index (κ1) is 18.1. The molecule has 0 radical (unpaired) electrons. The molecule has 1 heterocycles. The van der Waals surface area contributed by atoms with E-state index in [4.69, 9.17) is 0 Å². The number of nitrogens with one attached hydrogen (secondary N) is 1. The molecule has 2 unspecified atom stereocenters. The van der Waals surface area contributed by atoms with Crippen LogP contribution < -0.4 is 11.0 Å². The van der Waals surface area contributed by atoms with E-state index >= 15 is 0 Å². The van der Waals surface area contributed by atoms with Crippen molar-refractivity contribution in [3.63, 3.8) is 0 Å². The average molecular weight is 378 g/mol. The number of fused-ring (bicyclic) bond motifs is 1. The SMILES string of the molecule is Cl.Cn1c(=O)n(C)c2cc(CNC34CC5CC(CC(O)(C5)C3)C4)ccc21.